The topological polar surface area (TPSA) is 79.6 Å². The molecule has 1 unspecified atom stereocenters. The van der Waals surface area contributed by atoms with Crippen molar-refractivity contribution in [2.45, 2.75) is 61.4 Å². The summed E-state index contributed by atoms with van der Waals surface area (Å²) in [7, 11) is -3.74. The molecule has 0 radical (unpaired) electrons. The number of carbonyl (C=O) groups is 1. The summed E-state index contributed by atoms with van der Waals surface area (Å²) < 4.78 is 34.3. The van der Waals surface area contributed by atoms with Gasteiger partial charge in [-0.2, -0.15) is 4.31 Å². The zero-order valence-corrected chi connectivity index (χ0v) is 18.1. The predicted octanol–water partition coefficient (Wildman–Crippen LogP) is 4.48. The molecule has 2 aromatic rings. The van der Waals surface area contributed by atoms with Gasteiger partial charge in [-0.1, -0.05) is 26.2 Å². The summed E-state index contributed by atoms with van der Waals surface area (Å²) in [6, 6.07) is 8.60. The van der Waals surface area contributed by atoms with E-state index in [0.717, 1.165) is 37.0 Å². The van der Waals surface area contributed by atoms with Crippen LogP contribution in [0.1, 0.15) is 44.8 Å². The molecule has 4 rings (SSSR count). The van der Waals surface area contributed by atoms with Gasteiger partial charge in [-0.25, -0.2) is 8.42 Å². The fourth-order valence-corrected chi connectivity index (χ4v) is 6.60. The fourth-order valence-electron chi connectivity index (χ4n) is 3.91. The van der Waals surface area contributed by atoms with Crippen LogP contribution in [0.4, 0.5) is 5.69 Å². The van der Waals surface area contributed by atoms with Crippen molar-refractivity contribution in [1.82, 2.24) is 4.31 Å². The van der Waals surface area contributed by atoms with E-state index in [9.17, 15) is 13.2 Å². The van der Waals surface area contributed by atoms with Crippen molar-refractivity contribution >= 4 is 33.4 Å². The highest BCUT2D eigenvalue weighted by Gasteiger charge is 2.34. The first kappa shape index (κ1) is 20.5. The van der Waals surface area contributed by atoms with Crippen LogP contribution in [0.3, 0.4) is 0 Å². The molecule has 156 valence electrons. The van der Waals surface area contributed by atoms with Gasteiger partial charge >= 0.3 is 0 Å². The van der Waals surface area contributed by atoms with E-state index in [1.807, 2.05) is 6.92 Å². The SMILES string of the molecule is CC1CSc2ccc(S(=O)(=O)N(Cc3ccco3)C3CCCCC3)cc2NC1=O. The van der Waals surface area contributed by atoms with Crippen LogP contribution in [-0.2, 0) is 21.4 Å². The van der Waals surface area contributed by atoms with Gasteiger partial charge in [-0.05, 0) is 43.2 Å². The average molecular weight is 435 g/mol. The van der Waals surface area contributed by atoms with Crippen molar-refractivity contribution in [2.75, 3.05) is 11.1 Å². The Balaban J connectivity index is 1.68. The summed E-state index contributed by atoms with van der Waals surface area (Å²) in [5.41, 5.74) is 0.576. The van der Waals surface area contributed by atoms with Crippen LogP contribution in [0.25, 0.3) is 0 Å². The number of amides is 1. The Hall–Kier alpha value is -1.77. The Morgan fingerprint density at radius 2 is 2.00 bits per heavy atom. The number of fused-ring (bicyclic) bond motifs is 1. The molecule has 29 heavy (non-hydrogen) atoms. The van der Waals surface area contributed by atoms with Gasteiger partial charge in [-0.15, -0.1) is 11.8 Å². The van der Waals surface area contributed by atoms with Crippen LogP contribution in [0.5, 0.6) is 0 Å². The second kappa shape index (κ2) is 8.53. The van der Waals surface area contributed by atoms with Crippen molar-refractivity contribution < 1.29 is 17.6 Å². The van der Waals surface area contributed by atoms with Crippen LogP contribution in [0.15, 0.2) is 50.8 Å². The van der Waals surface area contributed by atoms with Gasteiger partial charge in [0.05, 0.1) is 23.4 Å². The number of anilines is 1. The molecule has 0 saturated heterocycles. The van der Waals surface area contributed by atoms with E-state index < -0.39 is 10.0 Å². The van der Waals surface area contributed by atoms with E-state index in [0.29, 0.717) is 17.2 Å². The van der Waals surface area contributed by atoms with Crippen LogP contribution in [0.2, 0.25) is 0 Å². The van der Waals surface area contributed by atoms with E-state index in [4.69, 9.17) is 4.42 Å². The van der Waals surface area contributed by atoms with Gasteiger partial charge in [-0.3, -0.25) is 4.79 Å². The highest BCUT2D eigenvalue weighted by Crippen LogP contribution is 2.36. The molecule has 1 atom stereocenters. The van der Waals surface area contributed by atoms with Crippen molar-refractivity contribution in [3.05, 3.63) is 42.4 Å². The van der Waals surface area contributed by atoms with Gasteiger partial charge in [0.15, 0.2) is 0 Å². The number of hydrogen-bond acceptors (Lipinski definition) is 5. The number of furan rings is 1. The zero-order chi connectivity index (χ0) is 20.4. The Morgan fingerprint density at radius 3 is 2.72 bits per heavy atom. The molecule has 6 nitrogen and oxygen atoms in total. The lowest BCUT2D eigenvalue weighted by atomic mass is 9.95. The molecule has 0 bridgehead atoms. The van der Waals surface area contributed by atoms with Crippen molar-refractivity contribution in [1.29, 1.82) is 0 Å². The summed E-state index contributed by atoms with van der Waals surface area (Å²) in [5, 5.41) is 2.89. The van der Waals surface area contributed by atoms with Gasteiger partial charge in [0, 0.05) is 22.6 Å². The minimum atomic E-state index is -3.74. The van der Waals surface area contributed by atoms with Gasteiger partial charge in [0.1, 0.15) is 5.76 Å². The molecule has 1 N–H and O–H groups in total. The van der Waals surface area contributed by atoms with Gasteiger partial charge in [0.25, 0.3) is 0 Å². The molecule has 1 aliphatic carbocycles. The molecule has 0 spiro atoms. The number of benzene rings is 1. The molecular formula is C21H26N2O4S2. The number of hydrogen-bond donors (Lipinski definition) is 1. The minimum absolute atomic E-state index is 0.0401. The maximum Gasteiger partial charge on any atom is 0.243 e. The summed E-state index contributed by atoms with van der Waals surface area (Å²) in [4.78, 5) is 13.3. The Kier molecular flexibility index (Phi) is 6.03. The lowest BCUT2D eigenvalue weighted by Gasteiger charge is -2.33. The van der Waals surface area contributed by atoms with Gasteiger partial charge < -0.3 is 9.73 Å². The maximum atomic E-state index is 13.6. The quantitative estimate of drug-likeness (QED) is 0.750. The van der Waals surface area contributed by atoms with Crippen molar-refractivity contribution in [3.63, 3.8) is 0 Å². The van der Waals surface area contributed by atoms with Crippen LogP contribution in [0, 0.1) is 5.92 Å². The highest BCUT2D eigenvalue weighted by molar-refractivity contribution is 7.99. The monoisotopic (exact) mass is 434 g/mol. The average Bonchev–Trinajstić information content (AvgIpc) is 3.19. The normalized spacial score (nSPS) is 20.9. The molecule has 1 fully saturated rings. The first-order valence-electron chi connectivity index (χ1n) is 10.1. The maximum absolute atomic E-state index is 13.6. The molecule has 2 aliphatic rings. The molecule has 1 aromatic heterocycles. The Bertz CT molecular complexity index is 967. The minimum Gasteiger partial charge on any atom is -0.468 e. The van der Waals surface area contributed by atoms with E-state index in [1.54, 1.807) is 52.7 Å². The van der Waals surface area contributed by atoms with E-state index >= 15 is 0 Å². The third-order valence-electron chi connectivity index (χ3n) is 5.63. The van der Waals surface area contributed by atoms with Crippen molar-refractivity contribution in [3.8, 4) is 0 Å². The molecule has 2 heterocycles. The number of nitrogens with zero attached hydrogens (tertiary/aromatic N) is 1. The first-order valence-corrected chi connectivity index (χ1v) is 12.5. The second-order valence-corrected chi connectivity index (χ2v) is 10.7. The summed E-state index contributed by atoms with van der Waals surface area (Å²) >= 11 is 1.57. The number of sulfonamides is 1. The van der Waals surface area contributed by atoms with E-state index in [2.05, 4.69) is 5.32 Å². The van der Waals surface area contributed by atoms with E-state index in [1.165, 1.54) is 0 Å². The number of nitrogens with one attached hydrogen (secondary N) is 1. The van der Waals surface area contributed by atoms with Crippen LogP contribution in [-0.4, -0.2) is 30.4 Å². The smallest absolute Gasteiger partial charge is 0.243 e. The molecule has 1 saturated carbocycles. The number of carbonyl (C=O) groups excluding carboxylic acids is 1. The predicted molar refractivity (Wildman–Crippen MR) is 113 cm³/mol. The van der Waals surface area contributed by atoms with Gasteiger partial charge in [0.2, 0.25) is 15.9 Å². The Morgan fingerprint density at radius 1 is 1.21 bits per heavy atom. The lowest BCUT2D eigenvalue weighted by Crippen LogP contribution is -2.40. The third kappa shape index (κ3) is 4.39. The molecule has 1 aromatic carbocycles. The number of rotatable bonds is 5. The summed E-state index contributed by atoms with van der Waals surface area (Å²) in [5.74, 6) is 1.11. The summed E-state index contributed by atoms with van der Waals surface area (Å²) in [6.45, 7) is 2.09. The molecule has 1 aliphatic heterocycles. The zero-order valence-electron chi connectivity index (χ0n) is 16.5. The fraction of sp³-hybridized carbons (Fsp3) is 0.476. The van der Waals surface area contributed by atoms with Crippen LogP contribution >= 0.6 is 11.8 Å². The first-order chi connectivity index (χ1) is 13.9. The second-order valence-electron chi connectivity index (χ2n) is 7.78. The molecule has 1 amide bonds. The van der Waals surface area contributed by atoms with Crippen LogP contribution < -0.4 is 5.32 Å². The number of thioether (sulfide) groups is 1. The van der Waals surface area contributed by atoms with E-state index in [-0.39, 0.29) is 29.3 Å². The molecular weight excluding hydrogens is 408 g/mol. The lowest BCUT2D eigenvalue weighted by molar-refractivity contribution is -0.118. The third-order valence-corrected chi connectivity index (χ3v) is 8.85. The molecule has 8 heteroatoms. The highest BCUT2D eigenvalue weighted by atomic mass is 32.2. The van der Waals surface area contributed by atoms with Crippen molar-refractivity contribution in [2.24, 2.45) is 5.92 Å². The standard InChI is InChI=1S/C21H26N2O4S2/c1-15-14-28-20-10-9-18(12-19(20)22-21(15)24)29(25,26)23(13-17-8-5-11-27-17)16-6-3-2-4-7-16/h5,8-12,15-16H,2-4,6-7,13-14H2,1H3,(H,22,24). The largest absolute Gasteiger partial charge is 0.468 e. The Labute approximate surface area is 176 Å². The summed E-state index contributed by atoms with van der Waals surface area (Å²) in [6.07, 6.45) is 6.49.